The zero-order valence-corrected chi connectivity index (χ0v) is 10.9. The summed E-state index contributed by atoms with van der Waals surface area (Å²) in [5, 5.41) is 0. The van der Waals surface area contributed by atoms with Crippen molar-refractivity contribution in [2.45, 2.75) is 40.0 Å². The summed E-state index contributed by atoms with van der Waals surface area (Å²) in [5.41, 5.74) is 0. The van der Waals surface area contributed by atoms with Gasteiger partial charge in [-0.25, -0.2) is 0 Å². The summed E-state index contributed by atoms with van der Waals surface area (Å²) in [6, 6.07) is 0. The predicted molar refractivity (Wildman–Crippen MR) is 62.8 cm³/mol. The number of ether oxygens (including phenoxy) is 4. The lowest BCUT2D eigenvalue weighted by Gasteiger charge is -2.15. The van der Waals surface area contributed by atoms with E-state index in [1.165, 1.54) is 0 Å². The molecule has 4 nitrogen and oxygen atoms in total. The molecule has 0 radical (unpaired) electrons. The Labute approximate surface area is 98.5 Å². The molecule has 0 bridgehead atoms. The van der Waals surface area contributed by atoms with Crippen LogP contribution in [0.1, 0.15) is 40.0 Å². The Morgan fingerprint density at radius 1 is 0.875 bits per heavy atom. The van der Waals surface area contributed by atoms with Crippen LogP contribution in [-0.2, 0) is 18.9 Å². The van der Waals surface area contributed by atoms with Gasteiger partial charge < -0.3 is 18.9 Å². The average molecular weight is 232 g/mol. The summed E-state index contributed by atoms with van der Waals surface area (Å²) in [7, 11) is 1.58. The topological polar surface area (TPSA) is 36.9 Å². The fourth-order valence-corrected chi connectivity index (χ4v) is 1.04. The van der Waals surface area contributed by atoms with Gasteiger partial charge in [-0.1, -0.05) is 20.8 Å². The molecule has 0 N–H and O–H groups in total. The van der Waals surface area contributed by atoms with E-state index in [-0.39, 0.29) is 6.79 Å². The molecule has 0 unspecified atom stereocenters. The maximum absolute atomic E-state index is 5.57. The van der Waals surface area contributed by atoms with E-state index in [4.69, 9.17) is 18.9 Å². The molecule has 0 rings (SSSR count). The van der Waals surface area contributed by atoms with E-state index in [2.05, 4.69) is 6.92 Å². The molecular formula is C12H24O4. The molecule has 0 aliphatic rings. The summed E-state index contributed by atoms with van der Waals surface area (Å²) in [6.45, 7) is 7.60. The molecule has 0 aromatic heterocycles. The van der Waals surface area contributed by atoms with Gasteiger partial charge in [0.05, 0.1) is 13.2 Å². The molecule has 16 heavy (non-hydrogen) atoms. The van der Waals surface area contributed by atoms with E-state index in [0.29, 0.717) is 19.2 Å². The van der Waals surface area contributed by atoms with Gasteiger partial charge in [-0.15, -0.1) is 0 Å². The molecule has 0 amide bonds. The molecule has 4 heteroatoms. The van der Waals surface area contributed by atoms with Crippen LogP contribution in [0, 0.1) is 0 Å². The number of hydrogen-bond acceptors (Lipinski definition) is 4. The molecule has 0 saturated carbocycles. The number of methoxy groups -OCH3 is 1. The van der Waals surface area contributed by atoms with Crippen LogP contribution in [-0.4, -0.2) is 27.1 Å². The fraction of sp³-hybridized carbons (Fsp3) is 0.833. The van der Waals surface area contributed by atoms with Crippen LogP contribution in [0.25, 0.3) is 0 Å². The zero-order chi connectivity index (χ0) is 12.2. The van der Waals surface area contributed by atoms with Gasteiger partial charge in [0, 0.05) is 13.5 Å². The average Bonchev–Trinajstić information content (AvgIpc) is 2.32. The second-order valence-electron chi connectivity index (χ2n) is 3.31. The first kappa shape index (κ1) is 15.1. The minimum atomic E-state index is 0.179. The van der Waals surface area contributed by atoms with Crippen LogP contribution in [0.4, 0.5) is 0 Å². The van der Waals surface area contributed by atoms with Crippen LogP contribution in [0.5, 0.6) is 0 Å². The highest BCUT2D eigenvalue weighted by Gasteiger charge is 2.10. The smallest absolute Gasteiger partial charge is 0.321 e. The molecular weight excluding hydrogens is 208 g/mol. The molecule has 0 heterocycles. The van der Waals surface area contributed by atoms with Gasteiger partial charge in [0.1, 0.15) is 0 Å². The molecule has 0 aliphatic carbocycles. The Balaban J connectivity index is 4.39. The second kappa shape index (κ2) is 10.6. The fourth-order valence-electron chi connectivity index (χ4n) is 1.04. The van der Waals surface area contributed by atoms with Gasteiger partial charge in [0.2, 0.25) is 0 Å². The standard InChI is InChI=1S/C12H24O4/c1-5-8-14-11(7-3)12(15-9-6-2)16-10-13-4/h5-10H2,1-4H3. The number of rotatable bonds is 10. The van der Waals surface area contributed by atoms with Gasteiger partial charge >= 0.3 is 5.95 Å². The van der Waals surface area contributed by atoms with Crippen molar-refractivity contribution >= 4 is 0 Å². The Morgan fingerprint density at radius 3 is 2.00 bits per heavy atom. The van der Waals surface area contributed by atoms with Gasteiger partial charge in [0.15, 0.2) is 12.6 Å². The highest BCUT2D eigenvalue weighted by molar-refractivity contribution is 4.94. The summed E-state index contributed by atoms with van der Waals surface area (Å²) in [5.74, 6) is 1.21. The van der Waals surface area contributed by atoms with Crippen LogP contribution >= 0.6 is 0 Å². The van der Waals surface area contributed by atoms with E-state index in [9.17, 15) is 0 Å². The molecule has 0 saturated heterocycles. The van der Waals surface area contributed by atoms with E-state index >= 15 is 0 Å². The largest absolute Gasteiger partial charge is 0.491 e. The molecule has 0 atom stereocenters. The Bertz CT molecular complexity index is 179. The third-order valence-electron chi connectivity index (χ3n) is 1.77. The molecule has 0 aliphatic heterocycles. The summed E-state index contributed by atoms with van der Waals surface area (Å²) in [6.07, 6.45) is 2.65. The molecule has 0 aromatic carbocycles. The zero-order valence-electron chi connectivity index (χ0n) is 10.9. The minimum absolute atomic E-state index is 0.179. The highest BCUT2D eigenvalue weighted by Crippen LogP contribution is 2.14. The number of hydrogen-bond donors (Lipinski definition) is 0. The van der Waals surface area contributed by atoms with Crippen LogP contribution in [0.2, 0.25) is 0 Å². The van der Waals surface area contributed by atoms with Gasteiger partial charge in [0.25, 0.3) is 0 Å². The van der Waals surface area contributed by atoms with E-state index in [0.717, 1.165) is 25.0 Å². The second-order valence-corrected chi connectivity index (χ2v) is 3.31. The lowest BCUT2D eigenvalue weighted by molar-refractivity contribution is -0.0683. The van der Waals surface area contributed by atoms with Gasteiger partial charge in [-0.3, -0.25) is 0 Å². The Morgan fingerprint density at radius 2 is 1.50 bits per heavy atom. The monoisotopic (exact) mass is 232 g/mol. The summed E-state index contributed by atoms with van der Waals surface area (Å²) >= 11 is 0. The van der Waals surface area contributed by atoms with Crippen molar-refractivity contribution in [2.75, 3.05) is 27.1 Å². The molecule has 0 spiro atoms. The normalized spacial score (nSPS) is 12.0. The van der Waals surface area contributed by atoms with Crippen molar-refractivity contribution in [3.63, 3.8) is 0 Å². The van der Waals surface area contributed by atoms with Crippen molar-refractivity contribution in [3.8, 4) is 0 Å². The number of allylic oxidation sites excluding steroid dienone is 1. The third kappa shape index (κ3) is 6.56. The maximum Gasteiger partial charge on any atom is 0.321 e. The first-order chi connectivity index (χ1) is 7.79. The predicted octanol–water partition coefficient (Wildman–Crippen LogP) is 3.04. The van der Waals surface area contributed by atoms with E-state index in [1.54, 1.807) is 7.11 Å². The lowest BCUT2D eigenvalue weighted by Crippen LogP contribution is -2.08. The van der Waals surface area contributed by atoms with Crippen LogP contribution < -0.4 is 0 Å². The summed E-state index contributed by atoms with van der Waals surface area (Å²) < 4.78 is 21.3. The SMILES string of the molecule is CCCOC(CC)=C(OCCC)OCOC. The Hall–Kier alpha value is -0.900. The quantitative estimate of drug-likeness (QED) is 0.428. The molecule has 0 aromatic rings. The third-order valence-corrected chi connectivity index (χ3v) is 1.77. The van der Waals surface area contributed by atoms with Crippen molar-refractivity contribution in [3.05, 3.63) is 11.7 Å². The van der Waals surface area contributed by atoms with E-state index < -0.39 is 0 Å². The van der Waals surface area contributed by atoms with Crippen molar-refractivity contribution < 1.29 is 18.9 Å². The first-order valence-corrected chi connectivity index (χ1v) is 5.90. The van der Waals surface area contributed by atoms with Crippen molar-refractivity contribution in [1.82, 2.24) is 0 Å². The highest BCUT2D eigenvalue weighted by atomic mass is 16.7. The van der Waals surface area contributed by atoms with Crippen molar-refractivity contribution in [2.24, 2.45) is 0 Å². The van der Waals surface area contributed by atoms with Gasteiger partial charge in [-0.05, 0) is 12.8 Å². The van der Waals surface area contributed by atoms with Crippen LogP contribution in [0.15, 0.2) is 11.7 Å². The minimum Gasteiger partial charge on any atom is -0.491 e. The van der Waals surface area contributed by atoms with E-state index in [1.807, 2.05) is 13.8 Å². The Kier molecular flexibility index (Phi) is 10.0. The molecule has 96 valence electrons. The van der Waals surface area contributed by atoms with Crippen molar-refractivity contribution in [1.29, 1.82) is 0 Å². The first-order valence-electron chi connectivity index (χ1n) is 5.90. The maximum atomic E-state index is 5.57. The van der Waals surface area contributed by atoms with Gasteiger partial charge in [-0.2, -0.15) is 0 Å². The lowest BCUT2D eigenvalue weighted by atomic mass is 10.4. The van der Waals surface area contributed by atoms with Crippen LogP contribution in [0.3, 0.4) is 0 Å². The molecule has 0 fully saturated rings. The summed E-state index contributed by atoms with van der Waals surface area (Å²) in [4.78, 5) is 0.